The molecule has 2 aromatic rings. The number of Topliss-reactive ketones (excluding diaryl/α,β-unsaturated/α-hetero) is 1. The molecule has 0 saturated carbocycles. The third-order valence-electron chi connectivity index (χ3n) is 3.40. The molecule has 3 rings (SSSR count). The minimum Gasteiger partial charge on any atom is -0.444 e. The summed E-state index contributed by atoms with van der Waals surface area (Å²) in [6.45, 7) is 0.762. The lowest BCUT2D eigenvalue weighted by Gasteiger charge is -2.19. The van der Waals surface area contributed by atoms with Crippen molar-refractivity contribution >= 4 is 28.2 Å². The SMILES string of the molecule is O=C1CCCN(C(=O)OCc2ccccc2)c2sccc21. The summed E-state index contributed by atoms with van der Waals surface area (Å²) in [5.74, 6) is 0.101. The van der Waals surface area contributed by atoms with E-state index in [1.165, 1.54) is 11.3 Å². The molecule has 5 heteroatoms. The molecule has 1 aromatic heterocycles. The van der Waals surface area contributed by atoms with Crippen LogP contribution < -0.4 is 4.90 Å². The maximum absolute atomic E-state index is 12.3. The second-order valence-electron chi connectivity index (χ2n) is 4.86. The van der Waals surface area contributed by atoms with Crippen LogP contribution in [-0.4, -0.2) is 18.4 Å². The second-order valence-corrected chi connectivity index (χ2v) is 5.75. The monoisotopic (exact) mass is 301 g/mol. The molecule has 1 aliphatic rings. The van der Waals surface area contributed by atoms with Crippen LogP contribution in [0.2, 0.25) is 0 Å². The van der Waals surface area contributed by atoms with E-state index in [2.05, 4.69) is 0 Å². The van der Waals surface area contributed by atoms with E-state index in [9.17, 15) is 9.59 Å². The first-order valence-electron chi connectivity index (χ1n) is 6.84. The normalized spacial score (nSPS) is 14.5. The number of amides is 1. The van der Waals surface area contributed by atoms with Crippen LogP contribution in [0.25, 0.3) is 0 Å². The summed E-state index contributed by atoms with van der Waals surface area (Å²) in [5, 5.41) is 2.54. The lowest BCUT2D eigenvalue weighted by molar-refractivity contribution is 0.0983. The summed E-state index contributed by atoms with van der Waals surface area (Å²) >= 11 is 1.40. The summed E-state index contributed by atoms with van der Waals surface area (Å²) in [4.78, 5) is 25.8. The molecule has 0 bridgehead atoms. The average molecular weight is 301 g/mol. The van der Waals surface area contributed by atoms with Gasteiger partial charge in [0.05, 0.1) is 5.56 Å². The van der Waals surface area contributed by atoms with Gasteiger partial charge >= 0.3 is 6.09 Å². The summed E-state index contributed by atoms with van der Waals surface area (Å²) in [6.07, 6.45) is 0.754. The van der Waals surface area contributed by atoms with Gasteiger partial charge < -0.3 is 4.74 Å². The topological polar surface area (TPSA) is 46.6 Å². The number of nitrogens with zero attached hydrogens (tertiary/aromatic N) is 1. The van der Waals surface area contributed by atoms with E-state index >= 15 is 0 Å². The Kier molecular flexibility index (Phi) is 4.01. The zero-order valence-electron chi connectivity index (χ0n) is 11.5. The number of thiophene rings is 1. The number of hydrogen-bond donors (Lipinski definition) is 0. The summed E-state index contributed by atoms with van der Waals surface area (Å²) < 4.78 is 5.37. The van der Waals surface area contributed by atoms with Gasteiger partial charge in [-0.3, -0.25) is 9.69 Å². The standard InChI is InChI=1S/C16H15NO3S/c18-14-7-4-9-17(15-13(14)8-10-21-15)16(19)20-11-12-5-2-1-3-6-12/h1-3,5-6,8,10H,4,7,9,11H2. The molecule has 1 aliphatic heterocycles. The Bertz CT molecular complexity index is 651. The highest BCUT2D eigenvalue weighted by atomic mass is 32.1. The number of rotatable bonds is 2. The van der Waals surface area contributed by atoms with E-state index in [1.807, 2.05) is 35.7 Å². The number of benzene rings is 1. The van der Waals surface area contributed by atoms with Crippen LogP contribution in [0.3, 0.4) is 0 Å². The minimum absolute atomic E-state index is 0.101. The number of ketones is 1. The number of ether oxygens (including phenoxy) is 1. The number of carbonyl (C=O) groups is 2. The molecule has 0 N–H and O–H groups in total. The molecule has 21 heavy (non-hydrogen) atoms. The van der Waals surface area contributed by atoms with Gasteiger partial charge in [-0.1, -0.05) is 30.3 Å². The maximum atomic E-state index is 12.3. The number of hydrogen-bond acceptors (Lipinski definition) is 4. The third kappa shape index (κ3) is 2.97. The predicted molar refractivity (Wildman–Crippen MR) is 81.9 cm³/mol. The van der Waals surface area contributed by atoms with Crippen molar-refractivity contribution < 1.29 is 14.3 Å². The fourth-order valence-electron chi connectivity index (χ4n) is 2.33. The molecular weight excluding hydrogens is 286 g/mol. The highest BCUT2D eigenvalue weighted by Gasteiger charge is 2.27. The zero-order valence-corrected chi connectivity index (χ0v) is 12.3. The Labute approximate surface area is 127 Å². The van der Waals surface area contributed by atoms with E-state index in [-0.39, 0.29) is 12.4 Å². The first-order valence-corrected chi connectivity index (χ1v) is 7.72. The molecule has 0 unspecified atom stereocenters. The fraction of sp³-hybridized carbons (Fsp3) is 0.250. The Morgan fingerprint density at radius 3 is 2.86 bits per heavy atom. The molecule has 0 aliphatic carbocycles. The Balaban J connectivity index is 1.73. The number of fused-ring (bicyclic) bond motifs is 1. The molecule has 0 spiro atoms. The van der Waals surface area contributed by atoms with Gasteiger partial charge in [0.25, 0.3) is 0 Å². The van der Waals surface area contributed by atoms with Crippen molar-refractivity contribution in [2.75, 3.05) is 11.4 Å². The highest BCUT2D eigenvalue weighted by Crippen LogP contribution is 2.32. The Hall–Kier alpha value is -2.14. The number of carbonyl (C=O) groups excluding carboxylic acids is 2. The predicted octanol–water partition coefficient (Wildman–Crippen LogP) is 3.87. The van der Waals surface area contributed by atoms with Crippen LogP contribution in [0.5, 0.6) is 0 Å². The summed E-state index contributed by atoms with van der Waals surface area (Å²) in [6, 6.07) is 11.3. The summed E-state index contributed by atoms with van der Waals surface area (Å²) in [7, 11) is 0. The van der Waals surface area contributed by atoms with E-state index in [0.717, 1.165) is 5.56 Å². The summed E-state index contributed by atoms with van der Waals surface area (Å²) in [5.41, 5.74) is 1.58. The molecule has 2 heterocycles. The Morgan fingerprint density at radius 2 is 2.05 bits per heavy atom. The highest BCUT2D eigenvalue weighted by molar-refractivity contribution is 7.14. The van der Waals surface area contributed by atoms with E-state index < -0.39 is 6.09 Å². The molecule has 1 amide bonds. The quantitative estimate of drug-likeness (QED) is 0.846. The van der Waals surface area contributed by atoms with Crippen LogP contribution in [0, 0.1) is 0 Å². The van der Waals surface area contributed by atoms with Crippen molar-refractivity contribution in [2.24, 2.45) is 0 Å². The lowest BCUT2D eigenvalue weighted by atomic mass is 10.1. The molecule has 0 atom stereocenters. The Morgan fingerprint density at radius 1 is 1.24 bits per heavy atom. The van der Waals surface area contributed by atoms with E-state index in [4.69, 9.17) is 4.74 Å². The van der Waals surface area contributed by atoms with Gasteiger partial charge in [-0.2, -0.15) is 0 Å². The zero-order chi connectivity index (χ0) is 14.7. The molecule has 1 aromatic carbocycles. The third-order valence-corrected chi connectivity index (χ3v) is 4.34. The maximum Gasteiger partial charge on any atom is 0.415 e. The van der Waals surface area contributed by atoms with Crippen LogP contribution in [0.4, 0.5) is 9.80 Å². The van der Waals surface area contributed by atoms with Gasteiger partial charge in [0.15, 0.2) is 5.78 Å². The molecule has 0 saturated heterocycles. The van der Waals surface area contributed by atoms with Crippen LogP contribution >= 0.6 is 11.3 Å². The van der Waals surface area contributed by atoms with Gasteiger partial charge in [0.2, 0.25) is 0 Å². The molecule has 0 fully saturated rings. The first-order chi connectivity index (χ1) is 10.3. The molecular formula is C16H15NO3S. The number of anilines is 1. The molecule has 4 nitrogen and oxygen atoms in total. The average Bonchev–Trinajstić information content (AvgIpc) is 2.94. The van der Waals surface area contributed by atoms with Crippen molar-refractivity contribution in [3.63, 3.8) is 0 Å². The smallest absolute Gasteiger partial charge is 0.415 e. The largest absolute Gasteiger partial charge is 0.444 e. The van der Waals surface area contributed by atoms with Crippen molar-refractivity contribution in [3.8, 4) is 0 Å². The van der Waals surface area contributed by atoms with E-state index in [0.29, 0.717) is 30.0 Å². The van der Waals surface area contributed by atoms with Crippen molar-refractivity contribution in [2.45, 2.75) is 19.4 Å². The second kappa shape index (κ2) is 6.10. The van der Waals surface area contributed by atoms with Crippen LogP contribution in [-0.2, 0) is 11.3 Å². The van der Waals surface area contributed by atoms with Gasteiger partial charge in [-0.05, 0) is 23.4 Å². The van der Waals surface area contributed by atoms with Gasteiger partial charge in [0.1, 0.15) is 11.6 Å². The fourth-order valence-corrected chi connectivity index (χ4v) is 3.26. The molecule has 108 valence electrons. The lowest BCUT2D eigenvalue weighted by Crippen LogP contribution is -2.31. The van der Waals surface area contributed by atoms with Gasteiger partial charge in [-0.15, -0.1) is 11.3 Å². The van der Waals surface area contributed by atoms with Crippen molar-refractivity contribution in [1.82, 2.24) is 0 Å². The first kappa shape index (κ1) is 13.8. The van der Waals surface area contributed by atoms with Crippen molar-refractivity contribution in [3.05, 3.63) is 52.9 Å². The molecule has 0 radical (unpaired) electrons. The van der Waals surface area contributed by atoms with E-state index in [1.54, 1.807) is 11.0 Å². The van der Waals surface area contributed by atoms with Gasteiger partial charge in [-0.25, -0.2) is 4.79 Å². The van der Waals surface area contributed by atoms with Crippen molar-refractivity contribution in [1.29, 1.82) is 0 Å². The van der Waals surface area contributed by atoms with Crippen LogP contribution in [0.15, 0.2) is 41.8 Å². The van der Waals surface area contributed by atoms with Gasteiger partial charge in [0, 0.05) is 13.0 Å². The minimum atomic E-state index is -0.391. The van der Waals surface area contributed by atoms with Crippen LogP contribution in [0.1, 0.15) is 28.8 Å².